The molecule has 0 aromatic heterocycles. The fourth-order valence-corrected chi connectivity index (χ4v) is 3.62. The number of amides is 1. The van der Waals surface area contributed by atoms with Crippen molar-refractivity contribution in [3.63, 3.8) is 0 Å². The minimum absolute atomic E-state index is 0.262. The van der Waals surface area contributed by atoms with Crippen molar-refractivity contribution in [3.8, 4) is 0 Å². The van der Waals surface area contributed by atoms with Gasteiger partial charge in [-0.1, -0.05) is 45.0 Å². The third kappa shape index (κ3) is 2.84. The molecule has 0 N–H and O–H groups in total. The first-order chi connectivity index (χ1) is 9.97. The Morgan fingerprint density at radius 2 is 1.76 bits per heavy atom. The van der Waals surface area contributed by atoms with Gasteiger partial charge in [0.05, 0.1) is 0 Å². The van der Waals surface area contributed by atoms with Crippen LogP contribution in [0.2, 0.25) is 0 Å². The topological polar surface area (TPSA) is 23.6 Å². The molecule has 21 heavy (non-hydrogen) atoms. The van der Waals surface area contributed by atoms with Crippen LogP contribution in [0.1, 0.15) is 44.4 Å². The number of hydrogen-bond donors (Lipinski definition) is 0. The van der Waals surface area contributed by atoms with Crippen LogP contribution in [0.15, 0.2) is 24.3 Å². The zero-order valence-corrected chi connectivity index (χ0v) is 13.4. The van der Waals surface area contributed by atoms with Crippen LogP contribution in [-0.2, 0) is 11.2 Å². The first-order valence-electron chi connectivity index (χ1n) is 8.08. The molecule has 1 fully saturated rings. The molecule has 3 rings (SSSR count). The van der Waals surface area contributed by atoms with Crippen molar-refractivity contribution in [2.45, 2.75) is 39.7 Å². The summed E-state index contributed by atoms with van der Waals surface area (Å²) >= 11 is 0. The van der Waals surface area contributed by atoms with E-state index in [0.29, 0.717) is 6.04 Å². The van der Waals surface area contributed by atoms with E-state index in [0.717, 1.165) is 26.2 Å². The lowest BCUT2D eigenvalue weighted by Gasteiger charge is -2.40. The van der Waals surface area contributed by atoms with E-state index in [-0.39, 0.29) is 11.3 Å². The Bertz CT molecular complexity index is 524. The standard InChI is InChI=1S/C18H26N2O/c1-18(2,3)17(21)20-12-10-19(11-13-20)16-9-8-14-6-4-5-7-15(14)16/h4-7,16H,8-13H2,1-3H3. The zero-order valence-electron chi connectivity index (χ0n) is 13.4. The Balaban J connectivity index is 1.64. The van der Waals surface area contributed by atoms with Gasteiger partial charge in [0, 0.05) is 37.6 Å². The number of piperazine rings is 1. The highest BCUT2D eigenvalue weighted by atomic mass is 16.2. The molecule has 0 saturated carbocycles. The normalized spacial score (nSPS) is 23.2. The lowest BCUT2D eigenvalue weighted by molar-refractivity contribution is -0.141. The summed E-state index contributed by atoms with van der Waals surface area (Å²) in [6.45, 7) is 9.77. The minimum Gasteiger partial charge on any atom is -0.340 e. The third-order valence-corrected chi connectivity index (χ3v) is 4.79. The lowest BCUT2D eigenvalue weighted by atomic mass is 9.94. The number of aryl methyl sites for hydroxylation is 1. The maximum atomic E-state index is 12.4. The van der Waals surface area contributed by atoms with E-state index >= 15 is 0 Å². The number of hydrogen-bond acceptors (Lipinski definition) is 2. The van der Waals surface area contributed by atoms with Gasteiger partial charge in [0.25, 0.3) is 0 Å². The fraction of sp³-hybridized carbons (Fsp3) is 0.611. The van der Waals surface area contributed by atoms with Crippen molar-refractivity contribution in [2.24, 2.45) is 5.41 Å². The average molecular weight is 286 g/mol. The van der Waals surface area contributed by atoms with E-state index in [1.54, 1.807) is 0 Å². The SMILES string of the molecule is CC(C)(C)C(=O)N1CCN(C2CCc3ccccc32)CC1. The van der Waals surface area contributed by atoms with Crippen LogP contribution in [0.25, 0.3) is 0 Å². The van der Waals surface area contributed by atoms with Crippen LogP contribution in [0, 0.1) is 5.41 Å². The highest BCUT2D eigenvalue weighted by Crippen LogP contribution is 2.36. The van der Waals surface area contributed by atoms with E-state index in [2.05, 4.69) is 29.2 Å². The van der Waals surface area contributed by atoms with Crippen molar-refractivity contribution < 1.29 is 4.79 Å². The highest BCUT2D eigenvalue weighted by molar-refractivity contribution is 5.81. The van der Waals surface area contributed by atoms with Crippen LogP contribution >= 0.6 is 0 Å². The van der Waals surface area contributed by atoms with Gasteiger partial charge in [0.1, 0.15) is 0 Å². The summed E-state index contributed by atoms with van der Waals surface area (Å²) < 4.78 is 0. The predicted octanol–water partition coefficient (Wildman–Crippen LogP) is 2.86. The molecule has 3 nitrogen and oxygen atoms in total. The summed E-state index contributed by atoms with van der Waals surface area (Å²) in [6.07, 6.45) is 2.43. The fourth-order valence-electron chi connectivity index (χ4n) is 3.62. The molecule has 1 aliphatic heterocycles. The first-order valence-corrected chi connectivity index (χ1v) is 8.08. The second kappa shape index (κ2) is 5.45. The number of nitrogens with zero attached hydrogens (tertiary/aromatic N) is 2. The molecule has 3 heteroatoms. The monoisotopic (exact) mass is 286 g/mol. The van der Waals surface area contributed by atoms with E-state index in [9.17, 15) is 4.79 Å². The summed E-state index contributed by atoms with van der Waals surface area (Å²) in [5.74, 6) is 0.286. The van der Waals surface area contributed by atoms with Crippen LogP contribution in [0.3, 0.4) is 0 Å². The molecular weight excluding hydrogens is 260 g/mol. The third-order valence-electron chi connectivity index (χ3n) is 4.79. The Labute approximate surface area is 127 Å². The largest absolute Gasteiger partial charge is 0.340 e. The maximum Gasteiger partial charge on any atom is 0.228 e. The lowest BCUT2D eigenvalue weighted by Crippen LogP contribution is -2.52. The van der Waals surface area contributed by atoms with Crippen LogP contribution < -0.4 is 0 Å². The Morgan fingerprint density at radius 3 is 2.43 bits per heavy atom. The summed E-state index contributed by atoms with van der Waals surface area (Å²) in [5, 5.41) is 0. The summed E-state index contributed by atoms with van der Waals surface area (Å²) in [6, 6.07) is 9.39. The van der Waals surface area contributed by atoms with Gasteiger partial charge >= 0.3 is 0 Å². The molecule has 1 saturated heterocycles. The molecule has 2 aliphatic rings. The predicted molar refractivity (Wildman–Crippen MR) is 85.1 cm³/mol. The van der Waals surface area contributed by atoms with Crippen molar-refractivity contribution in [3.05, 3.63) is 35.4 Å². The van der Waals surface area contributed by atoms with Crippen molar-refractivity contribution in [1.82, 2.24) is 9.80 Å². The van der Waals surface area contributed by atoms with Gasteiger partial charge in [-0.3, -0.25) is 9.69 Å². The Hall–Kier alpha value is -1.35. The molecule has 1 atom stereocenters. The zero-order chi connectivity index (χ0) is 15.0. The van der Waals surface area contributed by atoms with Gasteiger partial charge < -0.3 is 4.90 Å². The molecule has 114 valence electrons. The Kier molecular flexibility index (Phi) is 3.78. The first kappa shape index (κ1) is 14.6. The number of fused-ring (bicyclic) bond motifs is 1. The van der Waals surface area contributed by atoms with Gasteiger partial charge in [-0.25, -0.2) is 0 Å². The summed E-state index contributed by atoms with van der Waals surface area (Å²) in [4.78, 5) is 17.0. The minimum atomic E-state index is -0.262. The van der Waals surface area contributed by atoms with E-state index < -0.39 is 0 Å². The molecule has 0 radical (unpaired) electrons. The van der Waals surface area contributed by atoms with E-state index in [1.165, 1.54) is 24.0 Å². The van der Waals surface area contributed by atoms with Gasteiger partial charge in [0.15, 0.2) is 0 Å². The number of carbonyl (C=O) groups excluding carboxylic acids is 1. The maximum absolute atomic E-state index is 12.4. The van der Waals surface area contributed by atoms with Gasteiger partial charge in [0.2, 0.25) is 5.91 Å². The molecule has 1 unspecified atom stereocenters. The molecule has 1 aliphatic carbocycles. The second-order valence-corrected chi connectivity index (χ2v) is 7.33. The van der Waals surface area contributed by atoms with Gasteiger partial charge in [-0.2, -0.15) is 0 Å². The molecule has 1 amide bonds. The van der Waals surface area contributed by atoms with Crippen molar-refractivity contribution >= 4 is 5.91 Å². The van der Waals surface area contributed by atoms with E-state index in [4.69, 9.17) is 0 Å². The quantitative estimate of drug-likeness (QED) is 0.792. The molecule has 0 spiro atoms. The molecular formula is C18H26N2O. The van der Waals surface area contributed by atoms with Gasteiger partial charge in [-0.15, -0.1) is 0 Å². The average Bonchev–Trinajstić information content (AvgIpc) is 2.90. The number of carbonyl (C=O) groups is 1. The molecule has 1 heterocycles. The summed E-state index contributed by atoms with van der Waals surface area (Å²) in [5.41, 5.74) is 2.76. The van der Waals surface area contributed by atoms with Gasteiger partial charge in [-0.05, 0) is 24.0 Å². The van der Waals surface area contributed by atoms with Crippen molar-refractivity contribution in [1.29, 1.82) is 0 Å². The van der Waals surface area contributed by atoms with Crippen LogP contribution in [-0.4, -0.2) is 41.9 Å². The van der Waals surface area contributed by atoms with Crippen LogP contribution in [0.5, 0.6) is 0 Å². The Morgan fingerprint density at radius 1 is 1.10 bits per heavy atom. The molecule has 0 bridgehead atoms. The molecule has 1 aromatic carbocycles. The number of rotatable bonds is 1. The summed E-state index contributed by atoms with van der Waals surface area (Å²) in [7, 11) is 0. The van der Waals surface area contributed by atoms with E-state index in [1.807, 2.05) is 25.7 Å². The number of benzene rings is 1. The van der Waals surface area contributed by atoms with Crippen molar-refractivity contribution in [2.75, 3.05) is 26.2 Å². The second-order valence-electron chi connectivity index (χ2n) is 7.33. The smallest absolute Gasteiger partial charge is 0.228 e. The highest BCUT2D eigenvalue weighted by Gasteiger charge is 2.33. The molecule has 1 aromatic rings. The van der Waals surface area contributed by atoms with Crippen LogP contribution in [0.4, 0.5) is 0 Å².